The highest BCUT2D eigenvalue weighted by molar-refractivity contribution is 6.17. The number of nitriles is 1. The number of halogens is 1. The molecular weight excluding hydrogens is 408 g/mol. The number of H-pyrrole nitrogens is 1. The first-order valence-electron chi connectivity index (χ1n) is 10.2. The van der Waals surface area contributed by atoms with E-state index in [1.165, 1.54) is 0 Å². The maximum atomic E-state index is 9.37. The Labute approximate surface area is 185 Å². The summed E-state index contributed by atoms with van der Waals surface area (Å²) in [5, 5.41) is 9.37. The van der Waals surface area contributed by atoms with Gasteiger partial charge in [-0.25, -0.2) is 4.98 Å². The molecule has 31 heavy (non-hydrogen) atoms. The topological polar surface area (TPSA) is 94.6 Å². The molecule has 0 spiro atoms. The number of anilines is 1. The van der Waals surface area contributed by atoms with Gasteiger partial charge in [0, 0.05) is 43.0 Å². The Hall–Kier alpha value is -3.40. The molecule has 0 aliphatic carbocycles. The molecule has 0 unspecified atom stereocenters. The predicted molar refractivity (Wildman–Crippen MR) is 124 cm³/mol. The van der Waals surface area contributed by atoms with Crippen molar-refractivity contribution in [3.8, 4) is 28.6 Å². The Bertz CT molecular complexity index is 1310. The molecule has 3 heterocycles. The number of aromatic amines is 1. The number of alkyl halides is 1. The minimum absolute atomic E-state index is 0.123. The third kappa shape index (κ3) is 3.52. The van der Waals surface area contributed by atoms with Crippen molar-refractivity contribution in [2.45, 2.75) is 18.3 Å². The third-order valence-corrected chi connectivity index (χ3v) is 6.04. The SMILES string of the molecule is N#Cc1cccc(-c2cncc(-c3nc4c(CCl)cccc4[nH]3)c2N2CC[C@H](N)C2)c1. The van der Waals surface area contributed by atoms with Gasteiger partial charge in [-0.1, -0.05) is 24.3 Å². The molecule has 0 radical (unpaired) electrons. The number of aromatic nitrogens is 3. The average Bonchev–Trinajstić information content (AvgIpc) is 3.44. The van der Waals surface area contributed by atoms with Crippen LogP contribution in [0, 0.1) is 11.3 Å². The second kappa shape index (κ2) is 8.03. The zero-order chi connectivity index (χ0) is 21.4. The van der Waals surface area contributed by atoms with Gasteiger partial charge in [0.15, 0.2) is 0 Å². The Kier molecular flexibility index (Phi) is 5.06. The molecule has 2 aromatic carbocycles. The third-order valence-electron chi connectivity index (χ3n) is 5.76. The van der Waals surface area contributed by atoms with Crippen LogP contribution in [0.2, 0.25) is 0 Å². The number of nitrogens with two attached hydrogens (primary N) is 1. The molecule has 154 valence electrons. The lowest BCUT2D eigenvalue weighted by Crippen LogP contribution is -2.27. The minimum atomic E-state index is 0.123. The fourth-order valence-corrected chi connectivity index (χ4v) is 4.47. The summed E-state index contributed by atoms with van der Waals surface area (Å²) in [6.45, 7) is 1.62. The second-order valence-electron chi connectivity index (χ2n) is 7.80. The van der Waals surface area contributed by atoms with E-state index in [4.69, 9.17) is 22.3 Å². The smallest absolute Gasteiger partial charge is 0.142 e. The van der Waals surface area contributed by atoms with Gasteiger partial charge in [-0.2, -0.15) is 5.26 Å². The molecule has 1 atom stereocenters. The molecule has 5 rings (SSSR count). The predicted octanol–water partition coefficient (Wildman–Crippen LogP) is 4.44. The number of hydrogen-bond donors (Lipinski definition) is 2. The number of para-hydroxylation sites is 1. The fraction of sp³-hybridized carbons (Fsp3) is 0.208. The standard InChI is InChI=1S/C24H21ClN6/c25-10-17-5-2-6-21-22(17)30-24(29-21)20-13-28-12-19(16-4-1-3-15(9-16)11-26)23(20)31-8-7-18(27)14-31/h1-6,9,12-13,18H,7-8,10,14,27H2,(H,29,30)/t18-/m0/s1. The summed E-state index contributed by atoms with van der Waals surface area (Å²) >= 11 is 6.13. The summed E-state index contributed by atoms with van der Waals surface area (Å²) in [6.07, 6.45) is 4.62. The van der Waals surface area contributed by atoms with Crippen LogP contribution in [0.15, 0.2) is 54.9 Å². The van der Waals surface area contributed by atoms with E-state index in [1.54, 1.807) is 6.07 Å². The zero-order valence-corrected chi connectivity index (χ0v) is 17.6. The van der Waals surface area contributed by atoms with E-state index in [0.717, 1.165) is 64.3 Å². The van der Waals surface area contributed by atoms with E-state index in [9.17, 15) is 5.26 Å². The van der Waals surface area contributed by atoms with Gasteiger partial charge in [-0.3, -0.25) is 4.98 Å². The highest BCUT2D eigenvalue weighted by Crippen LogP contribution is 2.40. The van der Waals surface area contributed by atoms with Crippen LogP contribution in [0.1, 0.15) is 17.5 Å². The summed E-state index contributed by atoms with van der Waals surface area (Å²) in [7, 11) is 0. The molecule has 0 amide bonds. The van der Waals surface area contributed by atoms with Crippen LogP contribution >= 0.6 is 11.6 Å². The molecule has 1 aliphatic heterocycles. The number of hydrogen-bond acceptors (Lipinski definition) is 5. The molecule has 1 aliphatic rings. The molecule has 1 fully saturated rings. The van der Waals surface area contributed by atoms with Crippen LogP contribution in [-0.2, 0) is 5.88 Å². The molecule has 2 aromatic heterocycles. The second-order valence-corrected chi connectivity index (χ2v) is 8.07. The number of benzene rings is 2. The summed E-state index contributed by atoms with van der Waals surface area (Å²) in [5.41, 5.74) is 13.5. The van der Waals surface area contributed by atoms with Crippen molar-refractivity contribution >= 4 is 28.3 Å². The average molecular weight is 429 g/mol. The first-order valence-corrected chi connectivity index (χ1v) is 10.7. The van der Waals surface area contributed by atoms with Crippen LogP contribution in [-0.4, -0.2) is 34.1 Å². The Morgan fingerprint density at radius 3 is 2.81 bits per heavy atom. The highest BCUT2D eigenvalue weighted by atomic mass is 35.5. The van der Waals surface area contributed by atoms with Gasteiger partial charge in [0.2, 0.25) is 0 Å². The van der Waals surface area contributed by atoms with Gasteiger partial charge < -0.3 is 15.6 Å². The summed E-state index contributed by atoms with van der Waals surface area (Å²) < 4.78 is 0. The lowest BCUT2D eigenvalue weighted by atomic mass is 10.00. The van der Waals surface area contributed by atoms with Crippen LogP contribution in [0.3, 0.4) is 0 Å². The Morgan fingerprint density at radius 2 is 2.03 bits per heavy atom. The lowest BCUT2D eigenvalue weighted by molar-refractivity contribution is 0.752. The van der Waals surface area contributed by atoms with Crippen LogP contribution in [0.5, 0.6) is 0 Å². The van der Waals surface area contributed by atoms with Crippen LogP contribution in [0.25, 0.3) is 33.5 Å². The van der Waals surface area contributed by atoms with Gasteiger partial charge in [0.05, 0.1) is 33.9 Å². The van der Waals surface area contributed by atoms with Crippen molar-refractivity contribution in [1.82, 2.24) is 15.0 Å². The van der Waals surface area contributed by atoms with Gasteiger partial charge in [-0.05, 0) is 35.7 Å². The Balaban J connectivity index is 1.73. The van der Waals surface area contributed by atoms with Crippen molar-refractivity contribution in [2.75, 3.05) is 18.0 Å². The largest absolute Gasteiger partial charge is 0.369 e. The molecular formula is C24H21ClN6. The summed E-state index contributed by atoms with van der Waals surface area (Å²) in [6, 6.07) is 15.9. The molecule has 6 nitrogen and oxygen atoms in total. The molecule has 4 aromatic rings. The van der Waals surface area contributed by atoms with Crippen molar-refractivity contribution in [1.29, 1.82) is 5.26 Å². The fourth-order valence-electron chi connectivity index (χ4n) is 4.25. The molecule has 7 heteroatoms. The summed E-state index contributed by atoms with van der Waals surface area (Å²) in [4.78, 5) is 15.2. The number of nitrogens with zero attached hydrogens (tertiary/aromatic N) is 4. The van der Waals surface area contributed by atoms with Gasteiger partial charge in [-0.15, -0.1) is 11.6 Å². The normalized spacial score (nSPS) is 16.0. The first kappa shape index (κ1) is 19.6. The summed E-state index contributed by atoms with van der Waals surface area (Å²) in [5.74, 6) is 1.14. The van der Waals surface area contributed by atoms with Gasteiger partial charge in [0.1, 0.15) is 5.82 Å². The van der Waals surface area contributed by atoms with Crippen molar-refractivity contribution < 1.29 is 0 Å². The molecule has 0 saturated carbocycles. The monoisotopic (exact) mass is 428 g/mol. The number of nitrogens with one attached hydrogen (secondary N) is 1. The highest BCUT2D eigenvalue weighted by Gasteiger charge is 2.26. The molecule has 1 saturated heterocycles. The molecule has 3 N–H and O–H groups in total. The number of pyridine rings is 1. The zero-order valence-electron chi connectivity index (χ0n) is 16.8. The lowest BCUT2D eigenvalue weighted by Gasteiger charge is -2.24. The van der Waals surface area contributed by atoms with E-state index >= 15 is 0 Å². The van der Waals surface area contributed by atoms with Gasteiger partial charge >= 0.3 is 0 Å². The van der Waals surface area contributed by atoms with E-state index < -0.39 is 0 Å². The number of rotatable bonds is 4. The van der Waals surface area contributed by atoms with Crippen molar-refractivity contribution in [3.63, 3.8) is 0 Å². The quantitative estimate of drug-likeness (QED) is 0.468. The van der Waals surface area contributed by atoms with Crippen LogP contribution in [0.4, 0.5) is 5.69 Å². The molecule has 0 bridgehead atoms. The van der Waals surface area contributed by atoms with E-state index in [0.29, 0.717) is 11.4 Å². The van der Waals surface area contributed by atoms with Crippen LogP contribution < -0.4 is 10.6 Å². The van der Waals surface area contributed by atoms with Crippen molar-refractivity contribution in [3.05, 3.63) is 66.0 Å². The van der Waals surface area contributed by atoms with E-state index in [1.807, 2.05) is 48.8 Å². The van der Waals surface area contributed by atoms with E-state index in [2.05, 4.69) is 20.9 Å². The Morgan fingerprint density at radius 1 is 1.19 bits per heavy atom. The minimum Gasteiger partial charge on any atom is -0.369 e. The maximum Gasteiger partial charge on any atom is 0.142 e. The number of imidazole rings is 1. The first-order chi connectivity index (χ1) is 15.2. The van der Waals surface area contributed by atoms with Gasteiger partial charge in [0.25, 0.3) is 0 Å². The van der Waals surface area contributed by atoms with Crippen molar-refractivity contribution in [2.24, 2.45) is 5.73 Å². The maximum absolute atomic E-state index is 9.37. The number of fused-ring (bicyclic) bond motifs is 1. The van der Waals surface area contributed by atoms with E-state index in [-0.39, 0.29) is 6.04 Å².